The fourth-order valence-corrected chi connectivity index (χ4v) is 8.85. The van der Waals surface area contributed by atoms with Crippen molar-refractivity contribution in [3.05, 3.63) is 71.3 Å². The van der Waals surface area contributed by atoms with Crippen LogP contribution in [0.2, 0.25) is 5.02 Å². The summed E-state index contributed by atoms with van der Waals surface area (Å²) < 4.78 is 0. The molecule has 5 aliphatic rings. The number of aromatic nitrogens is 3. The molecule has 0 radical (unpaired) electrons. The molecular formula is C40H47ClN10O5. The third kappa shape index (κ3) is 8.14. The Hall–Kier alpha value is -5.28. The third-order valence-electron chi connectivity index (χ3n) is 11.9. The van der Waals surface area contributed by atoms with Crippen LogP contribution in [0.4, 0.5) is 28.8 Å². The summed E-state index contributed by atoms with van der Waals surface area (Å²) in [6, 6.07) is 9.66. The van der Waals surface area contributed by atoms with E-state index in [1.807, 2.05) is 28.0 Å². The van der Waals surface area contributed by atoms with Gasteiger partial charge in [-0.05, 0) is 93.8 Å². The van der Waals surface area contributed by atoms with Crippen molar-refractivity contribution < 1.29 is 24.3 Å². The van der Waals surface area contributed by atoms with Gasteiger partial charge in [0.1, 0.15) is 16.8 Å². The Morgan fingerprint density at radius 1 is 0.946 bits per heavy atom. The molecule has 1 aromatic carbocycles. The summed E-state index contributed by atoms with van der Waals surface area (Å²) in [5, 5.41) is 19.2. The minimum Gasteiger partial charge on any atom is -0.511 e. The number of aliphatic hydroxyl groups is 1. The van der Waals surface area contributed by atoms with Gasteiger partial charge in [-0.3, -0.25) is 34.4 Å². The minimum atomic E-state index is -0.492. The topological polar surface area (TPSA) is 176 Å². The van der Waals surface area contributed by atoms with Crippen LogP contribution in [0.3, 0.4) is 0 Å². The van der Waals surface area contributed by atoms with Crippen molar-refractivity contribution in [2.75, 3.05) is 72.8 Å². The second-order valence-electron chi connectivity index (χ2n) is 15.5. The number of nitrogens with one attached hydrogen (secondary N) is 3. The molecule has 4 saturated heterocycles. The van der Waals surface area contributed by atoms with Crippen molar-refractivity contribution in [2.45, 2.75) is 63.3 Å². The van der Waals surface area contributed by atoms with Gasteiger partial charge in [-0.1, -0.05) is 23.7 Å². The maximum Gasteiger partial charge on any atom is 0.249 e. The highest BCUT2D eigenvalue weighted by atomic mass is 35.5. The van der Waals surface area contributed by atoms with E-state index in [9.17, 15) is 24.3 Å². The Balaban J connectivity index is 0.801. The van der Waals surface area contributed by atoms with Crippen LogP contribution < -0.4 is 25.8 Å². The predicted molar refractivity (Wildman–Crippen MR) is 212 cm³/mol. The normalized spacial score (nSPS) is 21.9. The summed E-state index contributed by atoms with van der Waals surface area (Å²) in [5.41, 5.74) is 2.94. The number of halogens is 1. The first-order valence-electron chi connectivity index (χ1n) is 19.5. The Morgan fingerprint density at radius 3 is 2.46 bits per heavy atom. The first-order valence-corrected chi connectivity index (χ1v) is 19.9. The number of anilines is 5. The second kappa shape index (κ2) is 16.1. The maximum absolute atomic E-state index is 14.0. The van der Waals surface area contributed by atoms with E-state index >= 15 is 0 Å². The van der Waals surface area contributed by atoms with Crippen molar-refractivity contribution in [2.24, 2.45) is 5.41 Å². The first-order chi connectivity index (χ1) is 27.1. The SMILES string of the molecule is O=C1CCC(Nc2ccc(C3CCN(CC(=O)N4CCC5(CC4)CCN(c4cncc(Nc6ncc(Cl)c(N7CCC=C(O)C7)n6)c4)C5=O)CC3)cc2)C(=O)N1. The van der Waals surface area contributed by atoms with Crippen LogP contribution in [0.15, 0.2) is 60.8 Å². The number of benzene rings is 1. The average molecular weight is 783 g/mol. The van der Waals surface area contributed by atoms with Gasteiger partial charge in [0.05, 0.1) is 48.5 Å². The van der Waals surface area contributed by atoms with E-state index in [0.717, 1.165) is 38.0 Å². The molecule has 0 aliphatic carbocycles. The lowest BCUT2D eigenvalue weighted by molar-refractivity contribution is -0.138. The molecule has 4 amide bonds. The standard InChI is InChI=1S/C40H47ClN10O5/c41-32-23-43-39(47-36(32)50-14-1-2-31(52)24-50)45-29-20-30(22-42-21-29)51-19-13-40(38(51)56)11-17-49(18-12-40)35(54)25-48-15-9-27(10-16-48)26-3-5-28(6-4-26)44-33-7-8-34(53)46-37(33)55/h2-6,20-23,27,33,44,52H,1,7-19,24-25H2,(H,43,45,47)(H,46,53,55). The zero-order valence-corrected chi connectivity index (χ0v) is 32.0. The number of carbonyl (C=O) groups excluding carboxylic acids is 4. The fraction of sp³-hybridized carbons (Fsp3) is 0.475. The largest absolute Gasteiger partial charge is 0.511 e. The molecule has 0 bridgehead atoms. The van der Waals surface area contributed by atoms with Crippen LogP contribution >= 0.6 is 11.6 Å². The Morgan fingerprint density at radius 2 is 1.71 bits per heavy atom. The number of imide groups is 1. The van der Waals surface area contributed by atoms with Gasteiger partial charge >= 0.3 is 0 Å². The monoisotopic (exact) mass is 782 g/mol. The quantitative estimate of drug-likeness (QED) is 0.226. The van der Waals surface area contributed by atoms with Crippen LogP contribution in [0.1, 0.15) is 62.8 Å². The fourth-order valence-electron chi connectivity index (χ4n) is 8.63. The van der Waals surface area contributed by atoms with Crippen molar-refractivity contribution in [1.29, 1.82) is 0 Å². The lowest BCUT2D eigenvalue weighted by Gasteiger charge is -2.39. The van der Waals surface area contributed by atoms with Crippen LogP contribution in [0.5, 0.6) is 0 Å². The summed E-state index contributed by atoms with van der Waals surface area (Å²) in [4.78, 5) is 72.2. The average Bonchev–Trinajstić information content (AvgIpc) is 3.51. The number of hydrogen-bond acceptors (Lipinski definition) is 12. The molecule has 15 nitrogen and oxygen atoms in total. The third-order valence-corrected chi connectivity index (χ3v) is 12.2. The number of hydrogen-bond donors (Lipinski definition) is 4. The van der Waals surface area contributed by atoms with Gasteiger partial charge in [0.2, 0.25) is 29.6 Å². The summed E-state index contributed by atoms with van der Waals surface area (Å²) in [6.45, 7) is 4.78. The number of piperidine rings is 3. The molecule has 7 heterocycles. The molecule has 4 fully saturated rings. The van der Waals surface area contributed by atoms with E-state index in [1.54, 1.807) is 23.4 Å². The van der Waals surface area contributed by atoms with Gasteiger partial charge in [0.25, 0.3) is 0 Å². The molecule has 1 atom stereocenters. The molecule has 2 aromatic heterocycles. The van der Waals surface area contributed by atoms with E-state index in [-0.39, 0.29) is 29.4 Å². The molecular weight excluding hydrogens is 736 g/mol. The molecule has 0 saturated carbocycles. The second-order valence-corrected chi connectivity index (χ2v) is 15.9. The van der Waals surface area contributed by atoms with Gasteiger partial charge in [-0.25, -0.2) is 4.98 Å². The van der Waals surface area contributed by atoms with Crippen molar-refractivity contribution in [3.8, 4) is 0 Å². The van der Waals surface area contributed by atoms with Gasteiger partial charge in [-0.15, -0.1) is 0 Å². The Kier molecular flexibility index (Phi) is 10.8. The molecule has 8 rings (SSSR count). The minimum absolute atomic E-state index is 0.0772. The highest BCUT2D eigenvalue weighted by Gasteiger charge is 2.49. The van der Waals surface area contributed by atoms with Gasteiger partial charge < -0.3 is 30.4 Å². The number of aliphatic hydroxyl groups excluding tert-OH is 1. The Labute approximate surface area is 330 Å². The molecule has 56 heavy (non-hydrogen) atoms. The zero-order chi connectivity index (χ0) is 38.8. The molecule has 3 aromatic rings. The lowest BCUT2D eigenvalue weighted by atomic mass is 9.77. The highest BCUT2D eigenvalue weighted by Crippen LogP contribution is 2.43. The Bertz CT molecular complexity index is 2010. The molecule has 4 N–H and O–H groups in total. The molecule has 1 spiro atoms. The van der Waals surface area contributed by atoms with Gasteiger partial charge in [0, 0.05) is 38.3 Å². The number of amides is 4. The number of rotatable bonds is 9. The molecule has 16 heteroatoms. The first kappa shape index (κ1) is 37.6. The maximum atomic E-state index is 14.0. The van der Waals surface area contributed by atoms with Crippen LogP contribution in [0, 0.1) is 5.41 Å². The van der Waals surface area contributed by atoms with Gasteiger partial charge in [0.15, 0.2) is 5.82 Å². The number of likely N-dealkylation sites (tertiary alicyclic amines) is 2. The van der Waals surface area contributed by atoms with E-state index in [4.69, 9.17) is 11.6 Å². The number of carbonyl (C=O) groups is 4. The van der Waals surface area contributed by atoms with Crippen LogP contribution in [-0.2, 0) is 19.2 Å². The van der Waals surface area contributed by atoms with E-state index in [1.165, 1.54) is 11.8 Å². The summed E-state index contributed by atoms with van der Waals surface area (Å²) >= 11 is 6.41. The van der Waals surface area contributed by atoms with Crippen LogP contribution in [0.25, 0.3) is 0 Å². The molecule has 1 unspecified atom stereocenters. The smallest absolute Gasteiger partial charge is 0.249 e. The lowest BCUT2D eigenvalue weighted by Crippen LogP contribution is -2.49. The number of pyridine rings is 1. The van der Waals surface area contributed by atoms with Crippen molar-refractivity contribution in [1.82, 2.24) is 30.1 Å². The van der Waals surface area contributed by atoms with E-state index < -0.39 is 11.5 Å². The van der Waals surface area contributed by atoms with Crippen molar-refractivity contribution >= 4 is 64.1 Å². The van der Waals surface area contributed by atoms with E-state index in [2.05, 4.69) is 47.9 Å². The molecule has 5 aliphatic heterocycles. The van der Waals surface area contributed by atoms with Crippen LogP contribution in [-0.4, -0.2) is 112 Å². The van der Waals surface area contributed by atoms with Gasteiger partial charge in [-0.2, -0.15) is 4.98 Å². The predicted octanol–water partition coefficient (Wildman–Crippen LogP) is 4.36. The zero-order valence-electron chi connectivity index (χ0n) is 31.3. The summed E-state index contributed by atoms with van der Waals surface area (Å²) in [6.07, 6.45) is 12.1. The van der Waals surface area contributed by atoms with Crippen molar-refractivity contribution in [3.63, 3.8) is 0 Å². The number of nitrogens with zero attached hydrogens (tertiary/aromatic N) is 7. The van der Waals surface area contributed by atoms with E-state index in [0.29, 0.717) is 105 Å². The summed E-state index contributed by atoms with van der Waals surface area (Å²) in [7, 11) is 0. The summed E-state index contributed by atoms with van der Waals surface area (Å²) in [5.74, 6) is 1.23. The highest BCUT2D eigenvalue weighted by molar-refractivity contribution is 6.32. The molecule has 294 valence electrons.